The van der Waals surface area contributed by atoms with Crippen LogP contribution in [0.2, 0.25) is 0 Å². The SMILES string of the molecule is Cc1csc2nc(COC(=O)CC(NC(=O)c3ccccc3)c3ccccc3)cc(=O)n12. The van der Waals surface area contributed by atoms with Gasteiger partial charge in [-0.15, -0.1) is 11.3 Å². The van der Waals surface area contributed by atoms with Gasteiger partial charge in [0.15, 0.2) is 4.96 Å². The molecule has 4 aromatic rings. The predicted molar refractivity (Wildman–Crippen MR) is 122 cm³/mol. The van der Waals surface area contributed by atoms with Crippen molar-refractivity contribution in [2.24, 2.45) is 0 Å². The van der Waals surface area contributed by atoms with Crippen LogP contribution in [0.3, 0.4) is 0 Å². The second-order valence-corrected chi connectivity index (χ2v) is 8.08. The van der Waals surface area contributed by atoms with Crippen LogP contribution in [0.25, 0.3) is 4.96 Å². The van der Waals surface area contributed by atoms with Gasteiger partial charge >= 0.3 is 5.97 Å². The van der Waals surface area contributed by atoms with Crippen LogP contribution in [0, 0.1) is 6.92 Å². The Kier molecular flexibility index (Phi) is 6.42. The van der Waals surface area contributed by atoms with Crippen LogP contribution in [-0.4, -0.2) is 21.3 Å². The highest BCUT2D eigenvalue weighted by molar-refractivity contribution is 7.15. The first kappa shape index (κ1) is 21.5. The maximum Gasteiger partial charge on any atom is 0.308 e. The molecule has 1 N–H and O–H groups in total. The number of fused-ring (bicyclic) bond motifs is 1. The number of thiazole rings is 1. The van der Waals surface area contributed by atoms with Crippen molar-refractivity contribution < 1.29 is 14.3 Å². The van der Waals surface area contributed by atoms with Crippen molar-refractivity contribution in [1.29, 1.82) is 0 Å². The first-order valence-electron chi connectivity index (χ1n) is 10.0. The van der Waals surface area contributed by atoms with Gasteiger partial charge in [0.2, 0.25) is 0 Å². The maximum absolute atomic E-state index is 12.6. The summed E-state index contributed by atoms with van der Waals surface area (Å²) in [6, 6.07) is 18.9. The number of carbonyl (C=O) groups is 2. The van der Waals surface area contributed by atoms with Gasteiger partial charge in [-0.25, -0.2) is 4.98 Å². The van der Waals surface area contributed by atoms with E-state index in [1.54, 1.807) is 24.3 Å². The standard InChI is InChI=1S/C24H21N3O4S/c1-16-15-32-24-25-19(12-21(28)27(16)24)14-31-22(29)13-20(17-8-4-2-5-9-17)26-23(30)18-10-6-3-7-11-18/h2-12,15,20H,13-14H2,1H3,(H,26,30). The van der Waals surface area contributed by atoms with Crippen molar-refractivity contribution in [2.45, 2.75) is 26.0 Å². The molecule has 0 fully saturated rings. The Morgan fingerprint density at radius 1 is 1.09 bits per heavy atom. The van der Waals surface area contributed by atoms with Crippen LogP contribution >= 0.6 is 11.3 Å². The summed E-state index contributed by atoms with van der Waals surface area (Å²) in [4.78, 5) is 42.5. The van der Waals surface area contributed by atoms with Gasteiger partial charge in [0.1, 0.15) is 6.61 Å². The highest BCUT2D eigenvalue weighted by Crippen LogP contribution is 2.19. The van der Waals surface area contributed by atoms with Gasteiger partial charge in [-0.05, 0) is 24.6 Å². The first-order valence-corrected chi connectivity index (χ1v) is 10.9. The molecule has 32 heavy (non-hydrogen) atoms. The van der Waals surface area contributed by atoms with E-state index in [2.05, 4.69) is 10.3 Å². The largest absolute Gasteiger partial charge is 0.459 e. The number of nitrogens with one attached hydrogen (secondary N) is 1. The van der Waals surface area contributed by atoms with Crippen molar-refractivity contribution >= 4 is 28.2 Å². The maximum atomic E-state index is 12.6. The molecule has 162 valence electrons. The van der Waals surface area contributed by atoms with E-state index in [1.165, 1.54) is 21.8 Å². The molecule has 2 heterocycles. The summed E-state index contributed by atoms with van der Waals surface area (Å²) in [5.74, 6) is -0.781. The number of hydrogen-bond acceptors (Lipinski definition) is 6. The fraction of sp³-hybridized carbons (Fsp3) is 0.167. The molecule has 0 saturated carbocycles. The smallest absolute Gasteiger partial charge is 0.308 e. The Balaban J connectivity index is 1.45. The van der Waals surface area contributed by atoms with Gasteiger partial charge in [-0.2, -0.15) is 0 Å². The molecule has 4 rings (SSSR count). The van der Waals surface area contributed by atoms with Gasteiger partial charge in [0, 0.05) is 22.7 Å². The Morgan fingerprint density at radius 2 is 1.78 bits per heavy atom. The second-order valence-electron chi connectivity index (χ2n) is 7.25. The lowest BCUT2D eigenvalue weighted by Gasteiger charge is -2.19. The summed E-state index contributed by atoms with van der Waals surface area (Å²) in [5.41, 5.74) is 2.28. The van der Waals surface area contributed by atoms with E-state index in [4.69, 9.17) is 4.74 Å². The molecule has 0 radical (unpaired) electrons. The van der Waals surface area contributed by atoms with Gasteiger partial charge in [0.05, 0.1) is 18.2 Å². The quantitative estimate of drug-likeness (QED) is 0.437. The zero-order valence-corrected chi connectivity index (χ0v) is 18.2. The molecular weight excluding hydrogens is 426 g/mol. The van der Waals surface area contributed by atoms with Crippen LogP contribution in [0.1, 0.15) is 39.8 Å². The molecule has 0 spiro atoms. The molecule has 8 heteroatoms. The number of ether oxygens (including phenoxy) is 1. The topological polar surface area (TPSA) is 89.8 Å². The number of esters is 1. The average Bonchev–Trinajstić information content (AvgIpc) is 3.19. The van der Waals surface area contributed by atoms with Crippen LogP contribution in [-0.2, 0) is 16.1 Å². The molecular formula is C24H21N3O4S. The molecule has 2 aromatic heterocycles. The van der Waals surface area contributed by atoms with Crippen LogP contribution in [0.4, 0.5) is 0 Å². The van der Waals surface area contributed by atoms with Crippen molar-refractivity contribution in [3.63, 3.8) is 0 Å². The summed E-state index contributed by atoms with van der Waals surface area (Å²) in [7, 11) is 0. The van der Waals surface area contributed by atoms with E-state index in [-0.39, 0.29) is 24.5 Å². The number of aryl methyl sites for hydroxylation is 1. The van der Waals surface area contributed by atoms with Crippen molar-refractivity contribution in [2.75, 3.05) is 0 Å². The van der Waals surface area contributed by atoms with Gasteiger partial charge in [-0.1, -0.05) is 48.5 Å². The molecule has 1 atom stereocenters. The number of benzene rings is 2. The molecule has 0 saturated heterocycles. The lowest BCUT2D eigenvalue weighted by molar-refractivity contribution is -0.145. The summed E-state index contributed by atoms with van der Waals surface area (Å²) in [5, 5.41) is 4.75. The highest BCUT2D eigenvalue weighted by Gasteiger charge is 2.20. The number of amides is 1. The van der Waals surface area contributed by atoms with Crippen LogP contribution < -0.4 is 10.9 Å². The number of hydrogen-bond donors (Lipinski definition) is 1. The zero-order chi connectivity index (χ0) is 22.5. The second kappa shape index (κ2) is 9.57. The van der Waals surface area contributed by atoms with Crippen molar-refractivity contribution in [3.05, 3.63) is 105 Å². The minimum Gasteiger partial charge on any atom is -0.459 e. The summed E-state index contributed by atoms with van der Waals surface area (Å²) in [6.45, 7) is 1.72. The molecule has 0 aliphatic rings. The normalized spacial score (nSPS) is 11.8. The molecule has 0 aliphatic carbocycles. The first-order chi connectivity index (χ1) is 15.5. The number of nitrogens with zero attached hydrogens (tertiary/aromatic N) is 2. The van der Waals surface area contributed by atoms with Crippen LogP contribution in [0.5, 0.6) is 0 Å². The molecule has 1 unspecified atom stereocenters. The van der Waals surface area contributed by atoms with Gasteiger partial charge in [0.25, 0.3) is 11.5 Å². The molecule has 7 nitrogen and oxygen atoms in total. The minimum absolute atomic E-state index is 0.0536. The Bertz CT molecular complexity index is 1300. The Morgan fingerprint density at radius 3 is 2.50 bits per heavy atom. The fourth-order valence-corrected chi connectivity index (χ4v) is 4.21. The number of aromatic nitrogens is 2. The summed E-state index contributed by atoms with van der Waals surface area (Å²) >= 11 is 1.35. The van der Waals surface area contributed by atoms with E-state index in [0.29, 0.717) is 16.2 Å². The number of rotatable bonds is 7. The van der Waals surface area contributed by atoms with E-state index in [9.17, 15) is 14.4 Å². The average molecular weight is 448 g/mol. The molecule has 0 aliphatic heterocycles. The highest BCUT2D eigenvalue weighted by atomic mass is 32.1. The Labute approximate surface area is 188 Å². The third-order valence-corrected chi connectivity index (χ3v) is 5.87. The van der Waals surface area contributed by atoms with E-state index in [0.717, 1.165) is 11.3 Å². The monoisotopic (exact) mass is 447 g/mol. The van der Waals surface area contributed by atoms with E-state index in [1.807, 2.05) is 48.7 Å². The lowest BCUT2D eigenvalue weighted by atomic mass is 10.0. The zero-order valence-electron chi connectivity index (χ0n) is 17.4. The third-order valence-electron chi connectivity index (χ3n) is 4.92. The molecule has 2 aromatic carbocycles. The third kappa shape index (κ3) is 4.92. The Hall–Kier alpha value is -3.78. The predicted octanol–water partition coefficient (Wildman–Crippen LogP) is 3.67. The molecule has 1 amide bonds. The van der Waals surface area contributed by atoms with Gasteiger partial charge < -0.3 is 10.1 Å². The fourth-order valence-electron chi connectivity index (χ4n) is 3.32. The number of carbonyl (C=O) groups excluding carboxylic acids is 2. The minimum atomic E-state index is -0.558. The summed E-state index contributed by atoms with van der Waals surface area (Å²) < 4.78 is 6.90. The van der Waals surface area contributed by atoms with Crippen molar-refractivity contribution in [3.8, 4) is 0 Å². The van der Waals surface area contributed by atoms with E-state index < -0.39 is 12.0 Å². The summed E-state index contributed by atoms with van der Waals surface area (Å²) in [6.07, 6.45) is -0.0536. The lowest BCUT2D eigenvalue weighted by Crippen LogP contribution is -2.30. The van der Waals surface area contributed by atoms with Gasteiger partial charge in [-0.3, -0.25) is 18.8 Å². The molecule has 0 bridgehead atoms. The van der Waals surface area contributed by atoms with E-state index >= 15 is 0 Å². The van der Waals surface area contributed by atoms with Crippen LogP contribution in [0.15, 0.2) is 76.9 Å². The van der Waals surface area contributed by atoms with Crippen molar-refractivity contribution in [1.82, 2.24) is 14.7 Å².